The molecule has 2 N–H and O–H groups in total. The maximum Gasteiger partial charge on any atom is 0.252 e. The lowest BCUT2D eigenvalue weighted by Gasteiger charge is -2.26. The Hall–Kier alpha value is -0.980. The predicted octanol–water partition coefficient (Wildman–Crippen LogP) is 0.378. The molecule has 0 atom stereocenters. The number of carbonyl (C=O) groups excluding carboxylic acids is 1. The molecule has 1 aliphatic rings. The molecule has 0 aliphatic carbocycles. The topological polar surface area (TPSA) is 63.2 Å². The van der Waals surface area contributed by atoms with E-state index in [0.717, 1.165) is 18.8 Å². The monoisotopic (exact) mass is 227 g/mol. The van der Waals surface area contributed by atoms with E-state index in [1.54, 1.807) is 0 Å². The van der Waals surface area contributed by atoms with Crippen molar-refractivity contribution in [3.63, 3.8) is 0 Å². The normalized spacial score (nSPS) is 16.1. The molecule has 1 amide bonds. The number of rotatable bonds is 4. The van der Waals surface area contributed by atoms with Crippen LogP contribution >= 0.6 is 11.3 Å². The van der Waals surface area contributed by atoms with Crippen LogP contribution in [0.1, 0.15) is 5.69 Å². The van der Waals surface area contributed by atoms with Crippen LogP contribution < -0.4 is 10.6 Å². The zero-order valence-electron chi connectivity index (χ0n) is 8.45. The van der Waals surface area contributed by atoms with Gasteiger partial charge in [-0.3, -0.25) is 10.1 Å². The fourth-order valence-corrected chi connectivity index (χ4v) is 1.84. The minimum Gasteiger partial charge on any atom is -0.366 e. The number of anilines is 1. The summed E-state index contributed by atoms with van der Waals surface area (Å²) in [5.41, 5.74) is 0.916. The first-order valence-electron chi connectivity index (χ1n) is 4.78. The second-order valence-electron chi connectivity index (χ2n) is 3.43. The van der Waals surface area contributed by atoms with E-state index in [9.17, 15) is 4.79 Å². The molecular weight excluding hydrogens is 214 g/mol. The third kappa shape index (κ3) is 2.98. The number of aryl methyl sites for hydroxylation is 1. The Bertz CT molecular complexity index is 349. The Morgan fingerprint density at radius 1 is 1.80 bits per heavy atom. The minimum atomic E-state index is -0.142. The largest absolute Gasteiger partial charge is 0.366 e. The summed E-state index contributed by atoms with van der Waals surface area (Å²) in [7, 11) is 0. The fraction of sp³-hybridized carbons (Fsp3) is 0.556. The molecule has 1 fully saturated rings. The molecule has 0 saturated carbocycles. The highest BCUT2D eigenvalue weighted by atomic mass is 32.1. The standard InChI is InChI=1S/C9H13N3O2S/c1-6-5-15-9(11-6)12-8(13)4-14-7-2-10-3-7/h5,7,10H,2-4H2,1H3,(H,11,12,13). The zero-order chi connectivity index (χ0) is 10.7. The van der Waals surface area contributed by atoms with Crippen LogP contribution in [0.3, 0.4) is 0 Å². The van der Waals surface area contributed by atoms with Crippen molar-refractivity contribution < 1.29 is 9.53 Å². The maximum atomic E-state index is 11.4. The number of nitrogens with one attached hydrogen (secondary N) is 2. The Morgan fingerprint density at radius 2 is 2.60 bits per heavy atom. The van der Waals surface area contributed by atoms with Gasteiger partial charge in [0.05, 0.1) is 11.8 Å². The van der Waals surface area contributed by atoms with Crippen LogP contribution in [0.2, 0.25) is 0 Å². The number of amides is 1. The van der Waals surface area contributed by atoms with E-state index in [1.807, 2.05) is 12.3 Å². The SMILES string of the molecule is Cc1csc(NC(=O)COC2CNC2)n1. The lowest BCUT2D eigenvalue weighted by molar-refractivity contribution is -0.123. The molecule has 82 valence electrons. The third-order valence-corrected chi connectivity index (χ3v) is 2.94. The van der Waals surface area contributed by atoms with E-state index in [2.05, 4.69) is 15.6 Å². The molecule has 1 aromatic rings. The van der Waals surface area contributed by atoms with Gasteiger partial charge in [-0.1, -0.05) is 0 Å². The van der Waals surface area contributed by atoms with E-state index in [-0.39, 0.29) is 18.6 Å². The first-order valence-corrected chi connectivity index (χ1v) is 5.66. The number of nitrogens with zero attached hydrogens (tertiary/aromatic N) is 1. The second-order valence-corrected chi connectivity index (χ2v) is 4.29. The first kappa shape index (κ1) is 10.5. The van der Waals surface area contributed by atoms with Gasteiger partial charge in [0.15, 0.2) is 5.13 Å². The van der Waals surface area contributed by atoms with Crippen molar-refractivity contribution in [1.82, 2.24) is 10.3 Å². The maximum absolute atomic E-state index is 11.4. The Morgan fingerprint density at radius 3 is 3.13 bits per heavy atom. The van der Waals surface area contributed by atoms with Crippen molar-refractivity contribution in [2.24, 2.45) is 0 Å². The molecule has 1 aliphatic heterocycles. The highest BCUT2D eigenvalue weighted by Gasteiger charge is 2.18. The quantitative estimate of drug-likeness (QED) is 0.780. The van der Waals surface area contributed by atoms with E-state index in [1.165, 1.54) is 11.3 Å². The van der Waals surface area contributed by atoms with Crippen LogP contribution in [0.25, 0.3) is 0 Å². The lowest BCUT2D eigenvalue weighted by atomic mass is 10.2. The summed E-state index contributed by atoms with van der Waals surface area (Å²) < 4.78 is 5.32. The van der Waals surface area contributed by atoms with E-state index < -0.39 is 0 Å². The van der Waals surface area contributed by atoms with Crippen molar-refractivity contribution in [1.29, 1.82) is 0 Å². The minimum absolute atomic E-state index is 0.102. The lowest BCUT2D eigenvalue weighted by Crippen LogP contribution is -2.49. The summed E-state index contributed by atoms with van der Waals surface area (Å²) in [6.45, 7) is 3.67. The molecular formula is C9H13N3O2S. The molecule has 0 spiro atoms. The zero-order valence-corrected chi connectivity index (χ0v) is 9.26. The molecule has 5 nitrogen and oxygen atoms in total. The summed E-state index contributed by atoms with van der Waals surface area (Å²) in [5.74, 6) is -0.142. The number of thiazole rings is 1. The van der Waals surface area contributed by atoms with Crippen molar-refractivity contribution in [3.8, 4) is 0 Å². The molecule has 0 bridgehead atoms. The van der Waals surface area contributed by atoms with Crippen molar-refractivity contribution in [3.05, 3.63) is 11.1 Å². The van der Waals surface area contributed by atoms with Gasteiger partial charge in [0.2, 0.25) is 0 Å². The summed E-state index contributed by atoms with van der Waals surface area (Å²) >= 11 is 1.42. The van der Waals surface area contributed by atoms with Crippen LogP contribution in [0.4, 0.5) is 5.13 Å². The first-order chi connectivity index (χ1) is 7.24. The average Bonchev–Trinajstić information content (AvgIpc) is 2.48. The van der Waals surface area contributed by atoms with Crippen molar-refractivity contribution >= 4 is 22.4 Å². The van der Waals surface area contributed by atoms with Crippen LogP contribution in [0, 0.1) is 6.92 Å². The van der Waals surface area contributed by atoms with Gasteiger partial charge >= 0.3 is 0 Å². The van der Waals surface area contributed by atoms with E-state index in [4.69, 9.17) is 4.74 Å². The molecule has 2 rings (SSSR count). The third-order valence-electron chi connectivity index (χ3n) is 2.06. The van der Waals surface area contributed by atoms with Gasteiger partial charge in [0.1, 0.15) is 6.61 Å². The van der Waals surface area contributed by atoms with Gasteiger partial charge in [0.25, 0.3) is 5.91 Å². The van der Waals surface area contributed by atoms with E-state index in [0.29, 0.717) is 5.13 Å². The summed E-state index contributed by atoms with van der Waals surface area (Å²) in [6.07, 6.45) is 0.189. The number of carbonyl (C=O) groups is 1. The molecule has 1 saturated heterocycles. The van der Waals surface area contributed by atoms with Crippen LogP contribution in [-0.4, -0.2) is 36.7 Å². The second kappa shape index (κ2) is 4.69. The van der Waals surface area contributed by atoms with Gasteiger partial charge in [-0.25, -0.2) is 4.98 Å². The summed E-state index contributed by atoms with van der Waals surface area (Å²) in [5, 5.41) is 8.29. The van der Waals surface area contributed by atoms with Crippen LogP contribution in [0.15, 0.2) is 5.38 Å². The van der Waals surface area contributed by atoms with Gasteiger partial charge in [-0.2, -0.15) is 0 Å². The van der Waals surface area contributed by atoms with E-state index >= 15 is 0 Å². The number of hydrogen-bond acceptors (Lipinski definition) is 5. The Balaban J connectivity index is 1.71. The molecule has 2 heterocycles. The molecule has 0 unspecified atom stereocenters. The molecule has 6 heteroatoms. The van der Waals surface area contributed by atoms with Gasteiger partial charge in [-0.15, -0.1) is 11.3 Å². The molecule has 0 radical (unpaired) electrons. The highest BCUT2D eigenvalue weighted by molar-refractivity contribution is 7.13. The number of aromatic nitrogens is 1. The van der Waals surface area contributed by atoms with Crippen molar-refractivity contribution in [2.45, 2.75) is 13.0 Å². The van der Waals surface area contributed by atoms with Gasteiger partial charge in [-0.05, 0) is 6.92 Å². The van der Waals surface area contributed by atoms with Crippen LogP contribution in [-0.2, 0) is 9.53 Å². The van der Waals surface area contributed by atoms with Crippen molar-refractivity contribution in [2.75, 3.05) is 25.0 Å². The molecule has 1 aromatic heterocycles. The molecule has 15 heavy (non-hydrogen) atoms. The fourth-order valence-electron chi connectivity index (χ4n) is 1.14. The Kier molecular flexibility index (Phi) is 3.30. The van der Waals surface area contributed by atoms with Gasteiger partial charge in [0, 0.05) is 18.5 Å². The average molecular weight is 227 g/mol. The Labute approximate surface area is 91.9 Å². The summed E-state index contributed by atoms with van der Waals surface area (Å²) in [4.78, 5) is 15.5. The number of ether oxygens (including phenoxy) is 1. The smallest absolute Gasteiger partial charge is 0.252 e. The highest BCUT2D eigenvalue weighted by Crippen LogP contribution is 2.14. The van der Waals surface area contributed by atoms with Gasteiger partial charge < -0.3 is 10.1 Å². The molecule has 0 aromatic carbocycles. The predicted molar refractivity (Wildman–Crippen MR) is 58.1 cm³/mol. The van der Waals surface area contributed by atoms with Crippen LogP contribution in [0.5, 0.6) is 0 Å². The number of hydrogen-bond donors (Lipinski definition) is 2. The summed E-state index contributed by atoms with van der Waals surface area (Å²) in [6, 6.07) is 0.